The normalized spacial score (nSPS) is 19.2. The lowest BCUT2D eigenvalue weighted by atomic mass is 10.0. The molecule has 2 heterocycles. The van der Waals surface area contributed by atoms with Gasteiger partial charge in [0.1, 0.15) is 5.71 Å². The predicted molar refractivity (Wildman–Crippen MR) is 81.2 cm³/mol. The first-order chi connectivity index (χ1) is 10.6. The molecule has 0 aromatic heterocycles. The Morgan fingerprint density at radius 1 is 1.32 bits per heavy atom. The molecule has 4 amide bonds. The number of nitrogens with zero attached hydrogens (tertiary/aromatic N) is 2. The fraction of sp³-hybridized carbons (Fsp3) is 0.714. The van der Waals surface area contributed by atoms with E-state index < -0.39 is 0 Å². The Balaban J connectivity index is 1.76. The number of rotatable bonds is 4. The van der Waals surface area contributed by atoms with E-state index in [4.69, 9.17) is 0 Å². The lowest BCUT2D eigenvalue weighted by molar-refractivity contribution is -0.125. The highest BCUT2D eigenvalue weighted by Gasteiger charge is 2.28. The summed E-state index contributed by atoms with van der Waals surface area (Å²) in [5.41, 5.74) is 2.75. The van der Waals surface area contributed by atoms with Gasteiger partial charge in [-0.05, 0) is 19.3 Å². The maximum Gasteiger partial charge on any atom is 0.315 e. The highest BCUT2D eigenvalue weighted by molar-refractivity contribution is 6.39. The molecule has 2 aliphatic rings. The summed E-state index contributed by atoms with van der Waals surface area (Å²) in [6, 6.07) is -0.0557. The zero-order valence-electron chi connectivity index (χ0n) is 12.9. The first kappa shape index (κ1) is 16.3. The molecular formula is C14H23N5O3. The number of piperidine rings is 1. The number of nitrogens with one attached hydrogen (secondary N) is 3. The summed E-state index contributed by atoms with van der Waals surface area (Å²) in [7, 11) is 0. The van der Waals surface area contributed by atoms with Crippen molar-refractivity contribution in [2.45, 2.75) is 45.1 Å². The van der Waals surface area contributed by atoms with E-state index in [0.29, 0.717) is 38.2 Å². The highest BCUT2D eigenvalue weighted by atomic mass is 16.2. The summed E-state index contributed by atoms with van der Waals surface area (Å²) in [4.78, 5) is 36.6. The molecule has 0 atom stereocenters. The highest BCUT2D eigenvalue weighted by Crippen LogP contribution is 2.13. The minimum absolute atomic E-state index is 0.0916. The van der Waals surface area contributed by atoms with Crippen LogP contribution in [0.4, 0.5) is 4.79 Å². The number of likely N-dealkylation sites (tertiary alicyclic amines) is 1. The van der Waals surface area contributed by atoms with Crippen molar-refractivity contribution in [1.29, 1.82) is 0 Å². The molecule has 0 unspecified atom stereocenters. The monoisotopic (exact) mass is 309 g/mol. The summed E-state index contributed by atoms with van der Waals surface area (Å²) in [6.45, 7) is 3.84. The van der Waals surface area contributed by atoms with Gasteiger partial charge in [0.2, 0.25) is 5.91 Å². The lowest BCUT2D eigenvalue weighted by Gasteiger charge is -2.32. The summed E-state index contributed by atoms with van der Waals surface area (Å²) < 4.78 is 0. The van der Waals surface area contributed by atoms with E-state index in [1.54, 1.807) is 4.90 Å². The molecule has 0 aromatic rings. The van der Waals surface area contributed by atoms with Crippen molar-refractivity contribution in [3.05, 3.63) is 0 Å². The van der Waals surface area contributed by atoms with E-state index in [1.807, 2.05) is 6.92 Å². The second kappa shape index (κ2) is 7.77. The Bertz CT molecular complexity index is 469. The molecule has 0 spiro atoms. The average Bonchev–Trinajstić information content (AvgIpc) is 2.54. The SMILES string of the molecule is CCCNC(=O)NC1CCN(C(=O)C2=NNC(=O)CC2)CC1. The Hall–Kier alpha value is -2.12. The van der Waals surface area contributed by atoms with Crippen LogP contribution in [0.3, 0.4) is 0 Å². The minimum Gasteiger partial charge on any atom is -0.338 e. The summed E-state index contributed by atoms with van der Waals surface area (Å²) >= 11 is 0. The average molecular weight is 309 g/mol. The number of carbonyl (C=O) groups is 3. The summed E-state index contributed by atoms with van der Waals surface area (Å²) in [6.07, 6.45) is 3.05. The van der Waals surface area contributed by atoms with Crippen molar-refractivity contribution in [2.75, 3.05) is 19.6 Å². The van der Waals surface area contributed by atoms with Gasteiger partial charge in [-0.25, -0.2) is 10.2 Å². The van der Waals surface area contributed by atoms with Gasteiger partial charge in [0.15, 0.2) is 0 Å². The van der Waals surface area contributed by atoms with Gasteiger partial charge < -0.3 is 15.5 Å². The van der Waals surface area contributed by atoms with E-state index >= 15 is 0 Å². The number of hydrogen-bond acceptors (Lipinski definition) is 4. The van der Waals surface area contributed by atoms with E-state index in [2.05, 4.69) is 21.2 Å². The van der Waals surface area contributed by atoms with Gasteiger partial charge in [-0.1, -0.05) is 6.92 Å². The number of hydrogen-bond donors (Lipinski definition) is 3. The Morgan fingerprint density at radius 2 is 2.05 bits per heavy atom. The Labute approximate surface area is 129 Å². The third-order valence-corrected chi connectivity index (χ3v) is 3.80. The molecule has 8 heteroatoms. The van der Waals surface area contributed by atoms with Crippen LogP contribution in [-0.4, -0.2) is 54.1 Å². The minimum atomic E-state index is -0.155. The molecule has 122 valence electrons. The maximum absolute atomic E-state index is 12.3. The molecule has 22 heavy (non-hydrogen) atoms. The largest absolute Gasteiger partial charge is 0.338 e. The van der Waals surface area contributed by atoms with Gasteiger partial charge in [-0.15, -0.1) is 0 Å². The van der Waals surface area contributed by atoms with Gasteiger partial charge >= 0.3 is 6.03 Å². The zero-order valence-corrected chi connectivity index (χ0v) is 12.9. The molecule has 0 saturated carbocycles. The van der Waals surface area contributed by atoms with Crippen LogP contribution in [0.15, 0.2) is 5.10 Å². The Kier molecular flexibility index (Phi) is 5.74. The van der Waals surface area contributed by atoms with Crippen LogP contribution in [0.1, 0.15) is 39.0 Å². The van der Waals surface area contributed by atoms with Crippen LogP contribution in [0, 0.1) is 0 Å². The fourth-order valence-corrected chi connectivity index (χ4v) is 2.51. The van der Waals surface area contributed by atoms with Crippen LogP contribution >= 0.6 is 0 Å². The Morgan fingerprint density at radius 3 is 2.64 bits per heavy atom. The van der Waals surface area contributed by atoms with Crippen LogP contribution in [0.25, 0.3) is 0 Å². The van der Waals surface area contributed by atoms with Crippen LogP contribution in [0.5, 0.6) is 0 Å². The molecule has 0 aromatic carbocycles. The molecule has 3 N–H and O–H groups in total. The number of amides is 4. The van der Waals surface area contributed by atoms with Crippen molar-refractivity contribution in [1.82, 2.24) is 21.0 Å². The van der Waals surface area contributed by atoms with Crippen molar-refractivity contribution >= 4 is 23.6 Å². The lowest BCUT2D eigenvalue weighted by Crippen LogP contribution is -2.50. The molecule has 1 fully saturated rings. The molecule has 0 aliphatic carbocycles. The molecular weight excluding hydrogens is 286 g/mol. The van der Waals surface area contributed by atoms with Crippen molar-refractivity contribution in [2.24, 2.45) is 5.10 Å². The molecule has 2 aliphatic heterocycles. The number of urea groups is 1. The maximum atomic E-state index is 12.3. The van der Waals surface area contributed by atoms with Crippen molar-refractivity contribution in [3.63, 3.8) is 0 Å². The van der Waals surface area contributed by atoms with Gasteiger partial charge in [0.05, 0.1) is 0 Å². The van der Waals surface area contributed by atoms with E-state index in [0.717, 1.165) is 19.3 Å². The number of hydrazone groups is 1. The smallest absolute Gasteiger partial charge is 0.315 e. The molecule has 0 radical (unpaired) electrons. The second-order valence-electron chi connectivity index (χ2n) is 5.56. The standard InChI is InChI=1S/C14H23N5O3/c1-2-7-15-14(22)16-10-5-8-19(9-6-10)13(21)11-3-4-12(20)18-17-11/h10H,2-9H2,1H3,(H,18,20)(H2,15,16,22). The zero-order chi connectivity index (χ0) is 15.9. The second-order valence-corrected chi connectivity index (χ2v) is 5.56. The van der Waals surface area contributed by atoms with Gasteiger partial charge in [-0.3, -0.25) is 9.59 Å². The molecule has 0 bridgehead atoms. The molecule has 1 saturated heterocycles. The quantitative estimate of drug-likeness (QED) is 0.678. The van der Waals surface area contributed by atoms with E-state index in [1.165, 1.54) is 0 Å². The third-order valence-electron chi connectivity index (χ3n) is 3.80. The first-order valence-corrected chi connectivity index (χ1v) is 7.79. The fourth-order valence-electron chi connectivity index (χ4n) is 2.51. The molecule has 8 nitrogen and oxygen atoms in total. The third kappa shape index (κ3) is 4.44. The predicted octanol–water partition coefficient (Wildman–Crippen LogP) is -0.0474. The number of carbonyl (C=O) groups excluding carboxylic acids is 3. The van der Waals surface area contributed by atoms with Gasteiger partial charge in [-0.2, -0.15) is 5.10 Å². The summed E-state index contributed by atoms with van der Waals surface area (Å²) in [5, 5.41) is 9.54. The van der Waals surface area contributed by atoms with Gasteiger partial charge in [0.25, 0.3) is 5.91 Å². The van der Waals surface area contributed by atoms with Gasteiger partial charge in [0, 0.05) is 38.5 Å². The van der Waals surface area contributed by atoms with Crippen molar-refractivity contribution in [3.8, 4) is 0 Å². The van der Waals surface area contributed by atoms with Crippen molar-refractivity contribution < 1.29 is 14.4 Å². The van der Waals surface area contributed by atoms with Crippen LogP contribution in [-0.2, 0) is 9.59 Å². The summed E-state index contributed by atoms with van der Waals surface area (Å²) in [5.74, 6) is -0.272. The molecule has 2 rings (SSSR count). The first-order valence-electron chi connectivity index (χ1n) is 7.79. The topological polar surface area (TPSA) is 103 Å². The van der Waals surface area contributed by atoms with Crippen LogP contribution in [0.2, 0.25) is 0 Å². The van der Waals surface area contributed by atoms with E-state index in [9.17, 15) is 14.4 Å². The van der Waals surface area contributed by atoms with E-state index in [-0.39, 0.29) is 23.9 Å². The van der Waals surface area contributed by atoms with Crippen LogP contribution < -0.4 is 16.1 Å².